The molecule has 0 radical (unpaired) electrons. The molecule has 1 saturated heterocycles. The molecule has 3 heterocycles. The van der Waals surface area contributed by atoms with Gasteiger partial charge in [0.05, 0.1) is 35.9 Å². The van der Waals surface area contributed by atoms with Crippen LogP contribution in [0.3, 0.4) is 0 Å². The quantitative estimate of drug-likeness (QED) is 0.590. The molecule has 1 aliphatic heterocycles. The second kappa shape index (κ2) is 8.26. The number of hydrogen-bond acceptors (Lipinski definition) is 6. The van der Waals surface area contributed by atoms with Gasteiger partial charge in [-0.25, -0.2) is 32.5 Å². The highest BCUT2D eigenvalue weighted by atomic mass is 19.3. The summed E-state index contributed by atoms with van der Waals surface area (Å²) >= 11 is 0. The number of alkyl halides is 3. The van der Waals surface area contributed by atoms with E-state index in [0.717, 1.165) is 6.07 Å². The topological polar surface area (TPSA) is 80.0 Å². The molecule has 3 atom stereocenters. The van der Waals surface area contributed by atoms with Crippen LogP contribution < -0.4 is 16.0 Å². The van der Waals surface area contributed by atoms with Gasteiger partial charge in [0.2, 0.25) is 0 Å². The van der Waals surface area contributed by atoms with Crippen LogP contribution in [0.25, 0.3) is 10.9 Å². The number of aryl methyl sites for hydroxylation is 1. The predicted octanol–water partition coefficient (Wildman–Crippen LogP) is 4.07. The first-order valence-electron chi connectivity index (χ1n) is 9.86. The standard InChI is InChI=1S/C21H22F4N6/c1-10(12-4-3-5-13(19(12)23)20(24)25)28-21-14-6-18(31-8-15(22)16(26)9-31)27-7-17(14)29-11(2)30-21/h3-7,10,15-16,20H,8-9,26H2,1-2H3,(H,28,29,30)/t10-,15-,16-/m1/s1. The number of rotatable bonds is 5. The third kappa shape index (κ3) is 4.12. The zero-order valence-electron chi connectivity index (χ0n) is 17.0. The molecular weight excluding hydrogens is 412 g/mol. The molecule has 10 heteroatoms. The first-order chi connectivity index (χ1) is 14.7. The van der Waals surface area contributed by atoms with Crippen LogP contribution in [0, 0.1) is 12.7 Å². The molecule has 164 valence electrons. The lowest BCUT2D eigenvalue weighted by atomic mass is 10.0. The van der Waals surface area contributed by atoms with Gasteiger partial charge in [0.1, 0.15) is 29.4 Å². The van der Waals surface area contributed by atoms with Crippen molar-refractivity contribution in [3.05, 3.63) is 53.2 Å². The Kier molecular flexibility index (Phi) is 5.65. The van der Waals surface area contributed by atoms with Crippen molar-refractivity contribution in [3.8, 4) is 0 Å². The van der Waals surface area contributed by atoms with Crippen molar-refractivity contribution in [3.63, 3.8) is 0 Å². The van der Waals surface area contributed by atoms with Gasteiger partial charge in [-0.3, -0.25) is 0 Å². The van der Waals surface area contributed by atoms with Crippen LogP contribution in [0.15, 0.2) is 30.5 Å². The van der Waals surface area contributed by atoms with Crippen LogP contribution in [-0.2, 0) is 0 Å². The highest BCUT2D eigenvalue weighted by Gasteiger charge is 2.31. The first kappa shape index (κ1) is 21.2. The fourth-order valence-corrected chi connectivity index (χ4v) is 3.75. The minimum Gasteiger partial charge on any atom is -0.363 e. The Morgan fingerprint density at radius 2 is 1.94 bits per heavy atom. The van der Waals surface area contributed by atoms with E-state index in [4.69, 9.17) is 5.73 Å². The van der Waals surface area contributed by atoms with Gasteiger partial charge in [0.25, 0.3) is 6.43 Å². The normalized spacial score (nSPS) is 19.9. The Balaban J connectivity index is 1.70. The Morgan fingerprint density at radius 1 is 1.19 bits per heavy atom. The van der Waals surface area contributed by atoms with Crippen molar-refractivity contribution in [2.45, 2.75) is 38.5 Å². The van der Waals surface area contributed by atoms with Crippen molar-refractivity contribution < 1.29 is 17.6 Å². The number of pyridine rings is 1. The minimum absolute atomic E-state index is 0.0993. The highest BCUT2D eigenvalue weighted by molar-refractivity contribution is 5.90. The molecule has 1 aromatic carbocycles. The average Bonchev–Trinajstić information content (AvgIpc) is 3.06. The van der Waals surface area contributed by atoms with Crippen LogP contribution in [0.5, 0.6) is 0 Å². The first-order valence-corrected chi connectivity index (χ1v) is 9.86. The maximum Gasteiger partial charge on any atom is 0.266 e. The number of benzene rings is 1. The Morgan fingerprint density at radius 3 is 2.61 bits per heavy atom. The zero-order chi connectivity index (χ0) is 22.3. The SMILES string of the molecule is Cc1nc(N[C@H](C)c2cccc(C(F)F)c2F)c2cc(N3C[C@@H](N)[C@H](F)C3)ncc2n1. The molecule has 0 bridgehead atoms. The number of fused-ring (bicyclic) bond motifs is 1. The van der Waals surface area contributed by atoms with Crippen molar-refractivity contribution in [2.75, 3.05) is 23.3 Å². The maximum atomic E-state index is 14.6. The summed E-state index contributed by atoms with van der Waals surface area (Å²) in [5.41, 5.74) is 5.78. The van der Waals surface area contributed by atoms with E-state index in [1.165, 1.54) is 12.1 Å². The molecule has 0 spiro atoms. The van der Waals surface area contributed by atoms with Crippen LogP contribution in [0.4, 0.5) is 29.2 Å². The number of anilines is 2. The van der Waals surface area contributed by atoms with Crippen molar-refractivity contribution in [1.29, 1.82) is 0 Å². The number of halogens is 4. The van der Waals surface area contributed by atoms with Crippen LogP contribution >= 0.6 is 0 Å². The lowest BCUT2D eigenvalue weighted by Crippen LogP contribution is -2.30. The molecule has 3 N–H and O–H groups in total. The monoisotopic (exact) mass is 434 g/mol. The van der Waals surface area contributed by atoms with E-state index in [9.17, 15) is 17.6 Å². The average molecular weight is 434 g/mol. The summed E-state index contributed by atoms with van der Waals surface area (Å²) in [4.78, 5) is 14.9. The summed E-state index contributed by atoms with van der Waals surface area (Å²) in [5, 5.41) is 3.70. The fraction of sp³-hybridized carbons (Fsp3) is 0.381. The molecule has 0 unspecified atom stereocenters. The molecule has 2 aromatic heterocycles. The van der Waals surface area contributed by atoms with Crippen LogP contribution in [-0.4, -0.2) is 40.3 Å². The number of nitrogens with one attached hydrogen (secondary N) is 1. The van der Waals surface area contributed by atoms with E-state index in [-0.39, 0.29) is 12.1 Å². The molecule has 1 fully saturated rings. The Hall–Kier alpha value is -3.01. The van der Waals surface area contributed by atoms with Crippen molar-refractivity contribution >= 4 is 22.5 Å². The third-order valence-electron chi connectivity index (χ3n) is 5.41. The molecule has 3 aromatic rings. The summed E-state index contributed by atoms with van der Waals surface area (Å²) in [7, 11) is 0. The third-order valence-corrected chi connectivity index (χ3v) is 5.41. The molecule has 6 nitrogen and oxygen atoms in total. The van der Waals surface area contributed by atoms with Gasteiger partial charge in [-0.15, -0.1) is 0 Å². The Bertz CT molecular complexity index is 1100. The van der Waals surface area contributed by atoms with Gasteiger partial charge in [0.15, 0.2) is 0 Å². The van der Waals surface area contributed by atoms with Gasteiger partial charge in [-0.2, -0.15) is 0 Å². The van der Waals surface area contributed by atoms with E-state index in [2.05, 4.69) is 20.3 Å². The maximum absolute atomic E-state index is 14.6. The van der Waals surface area contributed by atoms with Crippen molar-refractivity contribution in [2.24, 2.45) is 5.73 Å². The van der Waals surface area contributed by atoms with Gasteiger partial charge >= 0.3 is 0 Å². The number of nitrogens with zero attached hydrogens (tertiary/aromatic N) is 4. The summed E-state index contributed by atoms with van der Waals surface area (Å²) in [6.07, 6.45) is -2.49. The summed E-state index contributed by atoms with van der Waals surface area (Å²) < 4.78 is 54.6. The zero-order valence-corrected chi connectivity index (χ0v) is 17.0. The molecule has 0 aliphatic carbocycles. The molecule has 31 heavy (non-hydrogen) atoms. The molecule has 0 amide bonds. The van der Waals surface area contributed by atoms with Crippen LogP contribution in [0.2, 0.25) is 0 Å². The predicted molar refractivity (Wildman–Crippen MR) is 111 cm³/mol. The molecule has 4 rings (SSSR count). The summed E-state index contributed by atoms with van der Waals surface area (Å²) in [6.45, 7) is 3.83. The largest absolute Gasteiger partial charge is 0.363 e. The van der Waals surface area contributed by atoms with E-state index >= 15 is 0 Å². The van der Waals surface area contributed by atoms with Gasteiger partial charge < -0.3 is 16.0 Å². The lowest BCUT2D eigenvalue weighted by molar-refractivity contribution is 0.146. The van der Waals surface area contributed by atoms with Gasteiger partial charge in [-0.05, 0) is 19.9 Å². The summed E-state index contributed by atoms with van der Waals surface area (Å²) in [5.74, 6) is 0.443. The molecular formula is C21H22F4N6. The summed E-state index contributed by atoms with van der Waals surface area (Å²) in [6, 6.07) is 4.40. The molecule has 0 saturated carbocycles. The van der Waals surface area contributed by atoms with E-state index in [0.29, 0.717) is 34.9 Å². The number of nitrogens with two attached hydrogens (primary N) is 1. The second-order valence-electron chi connectivity index (χ2n) is 7.68. The minimum atomic E-state index is -2.91. The number of aromatic nitrogens is 3. The van der Waals surface area contributed by atoms with Gasteiger partial charge in [-0.1, -0.05) is 18.2 Å². The smallest absolute Gasteiger partial charge is 0.266 e. The lowest BCUT2D eigenvalue weighted by Gasteiger charge is -2.20. The van der Waals surface area contributed by atoms with Crippen LogP contribution in [0.1, 0.15) is 36.3 Å². The molecule has 1 aliphatic rings. The van der Waals surface area contributed by atoms with Gasteiger partial charge in [0, 0.05) is 17.5 Å². The number of hydrogen-bond donors (Lipinski definition) is 2. The van der Waals surface area contributed by atoms with E-state index in [1.54, 1.807) is 31.0 Å². The van der Waals surface area contributed by atoms with Crippen molar-refractivity contribution in [1.82, 2.24) is 15.0 Å². The fourth-order valence-electron chi connectivity index (χ4n) is 3.75. The van der Waals surface area contributed by atoms with E-state index in [1.807, 2.05) is 0 Å². The van der Waals surface area contributed by atoms with E-state index < -0.39 is 36.1 Å². The Labute approximate surface area is 176 Å². The second-order valence-corrected chi connectivity index (χ2v) is 7.68. The highest BCUT2D eigenvalue weighted by Crippen LogP contribution is 2.31.